The average molecular weight is 186 g/mol. The van der Waals surface area contributed by atoms with Crippen LogP contribution in [0.1, 0.15) is 33.1 Å². The van der Waals surface area contributed by atoms with Gasteiger partial charge in [0.25, 0.3) is 0 Å². The molecule has 0 fully saturated rings. The summed E-state index contributed by atoms with van der Waals surface area (Å²) in [5, 5.41) is 0. The first-order valence-corrected chi connectivity index (χ1v) is 5.51. The standard InChI is InChI=1S/C14H18/c1-11-7-5-3-4-6-8-13-10-14(13)12(2)9-11/h5-9,12H,3-4,10H2,1-2H3. The molecule has 0 aromatic heterocycles. The van der Waals surface area contributed by atoms with Gasteiger partial charge in [-0.15, -0.1) is 0 Å². The molecule has 0 aromatic rings. The predicted octanol–water partition coefficient (Wildman–Crippen LogP) is 4.18. The third-order valence-electron chi connectivity index (χ3n) is 2.93. The topological polar surface area (TPSA) is 0 Å². The van der Waals surface area contributed by atoms with Gasteiger partial charge < -0.3 is 0 Å². The van der Waals surface area contributed by atoms with E-state index in [1.165, 1.54) is 24.8 Å². The Morgan fingerprint density at radius 1 is 1.14 bits per heavy atom. The summed E-state index contributed by atoms with van der Waals surface area (Å²) in [5.41, 5.74) is 4.61. The zero-order valence-corrected chi connectivity index (χ0v) is 9.09. The lowest BCUT2D eigenvalue weighted by Crippen LogP contribution is -1.86. The van der Waals surface area contributed by atoms with Gasteiger partial charge in [0.15, 0.2) is 0 Å². The molecule has 2 rings (SSSR count). The monoisotopic (exact) mass is 186 g/mol. The summed E-state index contributed by atoms with van der Waals surface area (Å²) < 4.78 is 0. The summed E-state index contributed by atoms with van der Waals surface area (Å²) in [6.07, 6.45) is 15.1. The van der Waals surface area contributed by atoms with Crippen molar-refractivity contribution in [2.45, 2.75) is 33.1 Å². The molecule has 0 saturated carbocycles. The Kier molecular flexibility index (Phi) is 2.72. The van der Waals surface area contributed by atoms with Crippen LogP contribution in [0.5, 0.6) is 0 Å². The van der Waals surface area contributed by atoms with Crippen molar-refractivity contribution >= 4 is 0 Å². The number of rotatable bonds is 0. The molecule has 0 N–H and O–H groups in total. The molecule has 1 atom stereocenters. The first-order valence-electron chi connectivity index (χ1n) is 5.51. The smallest absolute Gasteiger partial charge is 0.00367 e. The first kappa shape index (κ1) is 9.51. The fraction of sp³-hybridized carbons (Fsp3) is 0.429. The molecule has 2 aliphatic carbocycles. The molecule has 0 bridgehead atoms. The van der Waals surface area contributed by atoms with E-state index in [1.807, 2.05) is 0 Å². The molecule has 0 radical (unpaired) electrons. The lowest BCUT2D eigenvalue weighted by atomic mass is 10.1. The van der Waals surface area contributed by atoms with Crippen LogP contribution in [0.15, 0.2) is 47.1 Å². The van der Waals surface area contributed by atoms with Gasteiger partial charge in [-0.25, -0.2) is 0 Å². The van der Waals surface area contributed by atoms with E-state index in [0.29, 0.717) is 5.92 Å². The van der Waals surface area contributed by atoms with E-state index in [1.54, 1.807) is 11.1 Å². The Balaban J connectivity index is 2.20. The molecule has 14 heavy (non-hydrogen) atoms. The number of allylic oxidation sites excluding steroid dienone is 8. The Morgan fingerprint density at radius 2 is 1.86 bits per heavy atom. The van der Waals surface area contributed by atoms with E-state index in [2.05, 4.69) is 44.2 Å². The van der Waals surface area contributed by atoms with Crippen LogP contribution in [0, 0.1) is 5.92 Å². The molecule has 2 aliphatic rings. The van der Waals surface area contributed by atoms with Crippen molar-refractivity contribution in [1.82, 2.24) is 0 Å². The van der Waals surface area contributed by atoms with Gasteiger partial charge >= 0.3 is 0 Å². The predicted molar refractivity (Wildman–Crippen MR) is 62.1 cm³/mol. The third kappa shape index (κ3) is 2.25. The molecule has 0 heteroatoms. The molecule has 74 valence electrons. The number of hydrogen-bond donors (Lipinski definition) is 0. The van der Waals surface area contributed by atoms with Crippen LogP contribution in [0.4, 0.5) is 0 Å². The van der Waals surface area contributed by atoms with Gasteiger partial charge in [0.05, 0.1) is 0 Å². The molecule has 0 amide bonds. The first-order chi connectivity index (χ1) is 6.77. The summed E-state index contributed by atoms with van der Waals surface area (Å²) in [6, 6.07) is 0. The normalized spacial score (nSPS) is 26.7. The quantitative estimate of drug-likeness (QED) is 0.532. The fourth-order valence-corrected chi connectivity index (χ4v) is 2.02. The average Bonchev–Trinajstić information content (AvgIpc) is 2.88. The van der Waals surface area contributed by atoms with Crippen molar-refractivity contribution in [2.24, 2.45) is 5.92 Å². The minimum Gasteiger partial charge on any atom is -0.0840 e. The molecular weight excluding hydrogens is 168 g/mol. The molecule has 0 aromatic carbocycles. The highest BCUT2D eigenvalue weighted by molar-refractivity contribution is 5.46. The molecule has 1 unspecified atom stereocenters. The van der Waals surface area contributed by atoms with Crippen molar-refractivity contribution in [3.05, 3.63) is 47.1 Å². The van der Waals surface area contributed by atoms with Gasteiger partial charge in [0, 0.05) is 0 Å². The van der Waals surface area contributed by atoms with Crippen LogP contribution in [0.3, 0.4) is 0 Å². The Labute approximate surface area is 86.7 Å². The van der Waals surface area contributed by atoms with Crippen LogP contribution < -0.4 is 0 Å². The van der Waals surface area contributed by atoms with Crippen LogP contribution in [0.25, 0.3) is 0 Å². The summed E-state index contributed by atoms with van der Waals surface area (Å²) in [5.74, 6) is 0.636. The molecule has 0 aliphatic heterocycles. The summed E-state index contributed by atoms with van der Waals surface area (Å²) in [4.78, 5) is 0. The molecule has 0 nitrogen and oxygen atoms in total. The van der Waals surface area contributed by atoms with E-state index in [9.17, 15) is 0 Å². The van der Waals surface area contributed by atoms with E-state index in [0.717, 1.165) is 0 Å². The van der Waals surface area contributed by atoms with Crippen molar-refractivity contribution in [3.63, 3.8) is 0 Å². The van der Waals surface area contributed by atoms with Gasteiger partial charge in [-0.2, -0.15) is 0 Å². The summed E-state index contributed by atoms with van der Waals surface area (Å²) in [7, 11) is 0. The van der Waals surface area contributed by atoms with E-state index in [4.69, 9.17) is 0 Å². The number of hydrogen-bond acceptors (Lipinski definition) is 0. The second-order valence-electron chi connectivity index (χ2n) is 4.31. The minimum atomic E-state index is 0.636. The van der Waals surface area contributed by atoms with Crippen LogP contribution in [-0.4, -0.2) is 0 Å². The van der Waals surface area contributed by atoms with Gasteiger partial charge in [0.2, 0.25) is 0 Å². The van der Waals surface area contributed by atoms with Gasteiger partial charge in [0.1, 0.15) is 0 Å². The molecule has 0 heterocycles. The van der Waals surface area contributed by atoms with Gasteiger partial charge in [-0.3, -0.25) is 0 Å². The second-order valence-corrected chi connectivity index (χ2v) is 4.31. The van der Waals surface area contributed by atoms with E-state index in [-0.39, 0.29) is 0 Å². The lowest BCUT2D eigenvalue weighted by Gasteiger charge is -2.00. The molecular formula is C14H18. The fourth-order valence-electron chi connectivity index (χ4n) is 2.02. The van der Waals surface area contributed by atoms with E-state index >= 15 is 0 Å². The largest absolute Gasteiger partial charge is 0.0840 e. The van der Waals surface area contributed by atoms with Crippen LogP contribution in [0.2, 0.25) is 0 Å². The Bertz CT molecular complexity index is 337. The Hall–Kier alpha value is -1.04. The second kappa shape index (κ2) is 4.00. The highest BCUT2D eigenvalue weighted by Gasteiger charge is 2.22. The molecule has 0 saturated heterocycles. The maximum atomic E-state index is 2.37. The van der Waals surface area contributed by atoms with Crippen LogP contribution >= 0.6 is 0 Å². The van der Waals surface area contributed by atoms with Crippen molar-refractivity contribution in [1.29, 1.82) is 0 Å². The van der Waals surface area contributed by atoms with Gasteiger partial charge in [-0.1, -0.05) is 48.5 Å². The van der Waals surface area contributed by atoms with Gasteiger partial charge in [-0.05, 0) is 37.7 Å². The highest BCUT2D eigenvalue weighted by atomic mass is 14.3. The SMILES string of the molecule is CC1=CC(C)C2=C(C=CCCC=C1)C2. The lowest BCUT2D eigenvalue weighted by molar-refractivity contribution is 0.885. The molecule has 0 spiro atoms. The summed E-state index contributed by atoms with van der Waals surface area (Å²) >= 11 is 0. The van der Waals surface area contributed by atoms with Crippen molar-refractivity contribution in [2.75, 3.05) is 0 Å². The maximum absolute atomic E-state index is 2.37. The Morgan fingerprint density at radius 3 is 2.64 bits per heavy atom. The van der Waals surface area contributed by atoms with Crippen molar-refractivity contribution in [3.8, 4) is 0 Å². The summed E-state index contributed by atoms with van der Waals surface area (Å²) in [6.45, 7) is 4.49. The van der Waals surface area contributed by atoms with Crippen molar-refractivity contribution < 1.29 is 0 Å². The minimum absolute atomic E-state index is 0.636. The zero-order chi connectivity index (χ0) is 9.97. The third-order valence-corrected chi connectivity index (χ3v) is 2.93. The maximum Gasteiger partial charge on any atom is -0.00367 e. The van der Waals surface area contributed by atoms with E-state index < -0.39 is 0 Å². The zero-order valence-electron chi connectivity index (χ0n) is 9.09. The van der Waals surface area contributed by atoms with Crippen LogP contribution in [-0.2, 0) is 0 Å². The highest BCUT2D eigenvalue weighted by Crippen LogP contribution is 2.39.